The molecule has 2 aromatic carbocycles. The summed E-state index contributed by atoms with van der Waals surface area (Å²) in [5.41, 5.74) is 4.60. The van der Waals surface area contributed by atoms with Gasteiger partial charge in [0, 0.05) is 29.8 Å². The Balaban J connectivity index is 1.48. The molecule has 4 aromatic rings. The maximum absolute atomic E-state index is 12.0. The van der Waals surface area contributed by atoms with E-state index in [1.54, 1.807) is 24.8 Å². The topological polar surface area (TPSA) is 59.8 Å². The summed E-state index contributed by atoms with van der Waals surface area (Å²) in [7, 11) is 0. The van der Waals surface area contributed by atoms with Crippen molar-refractivity contribution in [1.82, 2.24) is 14.5 Å². The lowest BCUT2D eigenvalue weighted by molar-refractivity contribution is -0.111. The van der Waals surface area contributed by atoms with Crippen LogP contribution in [0, 0.1) is 0 Å². The fourth-order valence-corrected chi connectivity index (χ4v) is 2.70. The predicted octanol–water partition coefficient (Wildman–Crippen LogP) is 4.07. The van der Waals surface area contributed by atoms with Gasteiger partial charge in [0.05, 0.1) is 11.0 Å². The molecule has 0 bridgehead atoms. The number of hydrogen-bond donors (Lipinski definition) is 1. The van der Waals surface area contributed by atoms with Crippen LogP contribution in [-0.4, -0.2) is 20.4 Å². The first-order valence-corrected chi connectivity index (χ1v) is 8.21. The number of carbonyl (C=O) groups is 1. The largest absolute Gasteiger partial charge is 0.323 e. The molecule has 0 aliphatic heterocycles. The Bertz CT molecular complexity index is 1070. The minimum absolute atomic E-state index is 0.185. The summed E-state index contributed by atoms with van der Waals surface area (Å²) in [6.07, 6.45) is 8.42. The van der Waals surface area contributed by atoms with E-state index in [2.05, 4.69) is 15.3 Å². The van der Waals surface area contributed by atoms with Crippen LogP contribution < -0.4 is 5.32 Å². The molecule has 1 N–H and O–H groups in total. The molecular formula is C21H16N4O. The monoisotopic (exact) mass is 340 g/mol. The van der Waals surface area contributed by atoms with Gasteiger partial charge in [-0.05, 0) is 54.1 Å². The van der Waals surface area contributed by atoms with Crippen molar-refractivity contribution in [3.05, 3.63) is 91.0 Å². The molecule has 5 heteroatoms. The fraction of sp³-hybridized carbons (Fsp3) is 0. The molecule has 5 nitrogen and oxygen atoms in total. The Hall–Kier alpha value is -3.73. The Morgan fingerprint density at radius 2 is 1.85 bits per heavy atom. The molecule has 0 spiro atoms. The second-order valence-electron chi connectivity index (χ2n) is 5.76. The highest BCUT2D eigenvalue weighted by molar-refractivity contribution is 6.01. The first-order valence-electron chi connectivity index (χ1n) is 8.21. The van der Waals surface area contributed by atoms with Gasteiger partial charge in [0.25, 0.3) is 0 Å². The number of fused-ring (bicyclic) bond motifs is 1. The van der Waals surface area contributed by atoms with Gasteiger partial charge in [-0.2, -0.15) is 0 Å². The smallest absolute Gasteiger partial charge is 0.248 e. The van der Waals surface area contributed by atoms with E-state index in [4.69, 9.17) is 0 Å². The zero-order valence-electron chi connectivity index (χ0n) is 13.9. The van der Waals surface area contributed by atoms with Gasteiger partial charge in [-0.15, -0.1) is 0 Å². The minimum atomic E-state index is -0.185. The van der Waals surface area contributed by atoms with Crippen LogP contribution in [-0.2, 0) is 4.79 Å². The average molecular weight is 340 g/mol. The van der Waals surface area contributed by atoms with Crippen LogP contribution in [0.4, 0.5) is 5.69 Å². The molecule has 2 heterocycles. The van der Waals surface area contributed by atoms with Crippen molar-refractivity contribution in [3.63, 3.8) is 0 Å². The van der Waals surface area contributed by atoms with Gasteiger partial charge in [0.15, 0.2) is 0 Å². The van der Waals surface area contributed by atoms with Crippen LogP contribution in [0.1, 0.15) is 5.56 Å². The quantitative estimate of drug-likeness (QED) is 0.570. The van der Waals surface area contributed by atoms with Crippen molar-refractivity contribution in [2.75, 3.05) is 5.32 Å². The molecule has 0 fully saturated rings. The lowest BCUT2D eigenvalue weighted by Gasteiger charge is -2.06. The van der Waals surface area contributed by atoms with Gasteiger partial charge in [0.1, 0.15) is 6.33 Å². The van der Waals surface area contributed by atoms with Crippen LogP contribution in [0.25, 0.3) is 22.8 Å². The molecule has 0 saturated carbocycles. The van der Waals surface area contributed by atoms with Crippen LogP contribution in [0.15, 0.2) is 85.5 Å². The number of para-hydroxylation sites is 2. The van der Waals surface area contributed by atoms with Crippen LogP contribution in [0.5, 0.6) is 0 Å². The molecule has 1 amide bonds. The van der Waals surface area contributed by atoms with Gasteiger partial charge in [-0.25, -0.2) is 4.98 Å². The molecule has 126 valence electrons. The maximum Gasteiger partial charge on any atom is 0.248 e. The van der Waals surface area contributed by atoms with E-state index in [1.807, 2.05) is 65.2 Å². The number of benzene rings is 2. The van der Waals surface area contributed by atoms with Gasteiger partial charge in [0.2, 0.25) is 5.91 Å². The van der Waals surface area contributed by atoms with E-state index in [0.29, 0.717) is 0 Å². The minimum Gasteiger partial charge on any atom is -0.323 e. The van der Waals surface area contributed by atoms with E-state index in [-0.39, 0.29) is 5.91 Å². The molecule has 2 aromatic heterocycles. The van der Waals surface area contributed by atoms with Gasteiger partial charge < -0.3 is 5.32 Å². The van der Waals surface area contributed by atoms with Crippen molar-refractivity contribution < 1.29 is 4.79 Å². The van der Waals surface area contributed by atoms with Crippen LogP contribution in [0.2, 0.25) is 0 Å². The number of rotatable bonds is 4. The van der Waals surface area contributed by atoms with E-state index in [0.717, 1.165) is 28.0 Å². The number of hydrogen-bond acceptors (Lipinski definition) is 3. The van der Waals surface area contributed by atoms with Crippen molar-refractivity contribution in [2.45, 2.75) is 0 Å². The molecule has 0 radical (unpaired) electrons. The van der Waals surface area contributed by atoms with Gasteiger partial charge >= 0.3 is 0 Å². The van der Waals surface area contributed by atoms with Crippen molar-refractivity contribution in [2.24, 2.45) is 0 Å². The molecule has 0 atom stereocenters. The van der Waals surface area contributed by atoms with E-state index >= 15 is 0 Å². The SMILES string of the molecule is O=C(/C=C/c1cccnc1)Nc1ccc(-n2cnc3ccccc32)cc1. The van der Waals surface area contributed by atoms with E-state index in [1.165, 1.54) is 6.08 Å². The number of pyridine rings is 1. The highest BCUT2D eigenvalue weighted by Crippen LogP contribution is 2.19. The van der Waals surface area contributed by atoms with Crippen molar-refractivity contribution in [3.8, 4) is 5.69 Å². The molecule has 0 saturated heterocycles. The molecule has 0 aliphatic rings. The summed E-state index contributed by atoms with van der Waals surface area (Å²) in [4.78, 5) is 20.5. The number of anilines is 1. The lowest BCUT2D eigenvalue weighted by Crippen LogP contribution is -2.07. The number of nitrogens with one attached hydrogen (secondary N) is 1. The third kappa shape index (κ3) is 3.37. The first-order chi connectivity index (χ1) is 12.8. The maximum atomic E-state index is 12.0. The third-order valence-electron chi connectivity index (χ3n) is 3.98. The Morgan fingerprint density at radius 3 is 2.65 bits per heavy atom. The van der Waals surface area contributed by atoms with Crippen LogP contribution in [0.3, 0.4) is 0 Å². The van der Waals surface area contributed by atoms with E-state index < -0.39 is 0 Å². The number of amides is 1. The number of carbonyl (C=O) groups excluding carboxylic acids is 1. The number of imidazole rings is 1. The van der Waals surface area contributed by atoms with Gasteiger partial charge in [-0.1, -0.05) is 18.2 Å². The normalized spacial score (nSPS) is 11.1. The summed E-state index contributed by atoms with van der Waals surface area (Å²) in [6, 6.07) is 19.3. The lowest BCUT2D eigenvalue weighted by atomic mass is 10.2. The second kappa shape index (κ2) is 7.03. The zero-order valence-corrected chi connectivity index (χ0v) is 13.9. The molecule has 26 heavy (non-hydrogen) atoms. The number of aromatic nitrogens is 3. The zero-order chi connectivity index (χ0) is 17.8. The van der Waals surface area contributed by atoms with Crippen molar-refractivity contribution >= 4 is 28.7 Å². The summed E-state index contributed by atoms with van der Waals surface area (Å²) in [5, 5.41) is 2.85. The predicted molar refractivity (Wildman–Crippen MR) is 103 cm³/mol. The first kappa shape index (κ1) is 15.8. The highest BCUT2D eigenvalue weighted by atomic mass is 16.1. The van der Waals surface area contributed by atoms with Crippen LogP contribution >= 0.6 is 0 Å². The highest BCUT2D eigenvalue weighted by Gasteiger charge is 2.04. The summed E-state index contributed by atoms with van der Waals surface area (Å²) in [5.74, 6) is -0.185. The molecular weight excluding hydrogens is 324 g/mol. The summed E-state index contributed by atoms with van der Waals surface area (Å²) in [6.45, 7) is 0. The second-order valence-corrected chi connectivity index (χ2v) is 5.76. The fourth-order valence-electron chi connectivity index (χ4n) is 2.70. The third-order valence-corrected chi connectivity index (χ3v) is 3.98. The molecule has 4 rings (SSSR count). The Kier molecular flexibility index (Phi) is 4.26. The molecule has 0 aliphatic carbocycles. The van der Waals surface area contributed by atoms with Gasteiger partial charge in [-0.3, -0.25) is 14.3 Å². The Labute approximate surface area is 150 Å². The number of nitrogens with zero attached hydrogens (tertiary/aromatic N) is 3. The van der Waals surface area contributed by atoms with Crippen molar-refractivity contribution in [1.29, 1.82) is 0 Å². The average Bonchev–Trinajstić information content (AvgIpc) is 3.12. The summed E-state index contributed by atoms with van der Waals surface area (Å²) >= 11 is 0. The Morgan fingerprint density at radius 1 is 1.00 bits per heavy atom. The molecule has 0 unspecified atom stereocenters. The summed E-state index contributed by atoms with van der Waals surface area (Å²) < 4.78 is 2.02. The van der Waals surface area contributed by atoms with E-state index in [9.17, 15) is 4.79 Å². The standard InChI is InChI=1S/C21H16N4O/c26-21(12-7-16-4-3-13-22-14-16)24-17-8-10-18(11-9-17)25-15-23-19-5-1-2-6-20(19)25/h1-15H,(H,24,26)/b12-7+.